The Balaban J connectivity index is 1.02. The van der Waals surface area contributed by atoms with Crippen LogP contribution < -0.4 is 15.5 Å². The number of hydrogen-bond donors (Lipinski definition) is 5. The number of imidazole rings is 2. The zero-order chi connectivity index (χ0) is 47.1. The lowest BCUT2D eigenvalue weighted by Gasteiger charge is -2.31. The molecule has 356 valence electrons. The van der Waals surface area contributed by atoms with Gasteiger partial charge in [0.15, 0.2) is 0 Å². The SMILES string of the molecule is COC(=O)N[C@H](C(=O)N1CCC[C@H]1c1nc2ccc(C3CCC(c4ccc5nc([C@@H]6CCCN6C(=O)[C@@H](NC(=O)O)C(C)C)[nH]c5c4)C3c3ccc(N4CCCCC4)c(F)c3)cc2[nH]1)C(C)C. The van der Waals surface area contributed by atoms with Crippen molar-refractivity contribution in [1.29, 1.82) is 0 Å². The number of rotatable bonds is 12. The van der Waals surface area contributed by atoms with Gasteiger partial charge in [-0.1, -0.05) is 45.9 Å². The number of carboxylic acid groups (broad SMARTS) is 1. The Bertz CT molecular complexity index is 2640. The molecule has 4 amide bonds. The molecule has 4 fully saturated rings. The first-order valence-corrected chi connectivity index (χ1v) is 24.3. The number of piperidine rings is 1. The minimum absolute atomic E-state index is 0.0541. The number of likely N-dealkylation sites (tertiary alicyclic amines) is 2. The van der Waals surface area contributed by atoms with Gasteiger partial charge in [-0.25, -0.2) is 23.9 Å². The number of aromatic nitrogens is 4. The number of carbonyl (C=O) groups excluding carboxylic acids is 3. The van der Waals surface area contributed by atoms with E-state index in [1.807, 2.05) is 50.8 Å². The third-order valence-electron chi connectivity index (χ3n) is 14.9. The Kier molecular flexibility index (Phi) is 13.2. The number of H-pyrrole nitrogens is 2. The van der Waals surface area contributed by atoms with Gasteiger partial charge in [0.1, 0.15) is 29.5 Å². The summed E-state index contributed by atoms with van der Waals surface area (Å²) in [7, 11) is 1.29. The van der Waals surface area contributed by atoms with E-state index >= 15 is 4.39 Å². The summed E-state index contributed by atoms with van der Waals surface area (Å²) in [6.45, 7) is 10.3. The lowest BCUT2D eigenvalue weighted by molar-refractivity contribution is -0.136. The van der Waals surface area contributed by atoms with Crippen LogP contribution in [0.5, 0.6) is 0 Å². The molecule has 0 radical (unpaired) electrons. The van der Waals surface area contributed by atoms with Crippen LogP contribution in [-0.2, 0) is 14.3 Å². The Morgan fingerprint density at radius 2 is 1.18 bits per heavy atom. The van der Waals surface area contributed by atoms with Gasteiger partial charge in [-0.05, 0) is 140 Å². The number of nitrogens with zero attached hydrogens (tertiary/aromatic N) is 5. The summed E-state index contributed by atoms with van der Waals surface area (Å²) in [5, 5.41) is 14.6. The molecular formula is C51H64FN9O6. The second-order valence-electron chi connectivity index (χ2n) is 19.8. The van der Waals surface area contributed by atoms with Gasteiger partial charge in [0.05, 0.1) is 46.9 Å². The molecule has 67 heavy (non-hydrogen) atoms. The minimum atomic E-state index is -1.22. The number of nitrogens with one attached hydrogen (secondary N) is 4. The van der Waals surface area contributed by atoms with Crippen molar-refractivity contribution in [3.8, 4) is 0 Å². The molecule has 16 heteroatoms. The first kappa shape index (κ1) is 45.9. The van der Waals surface area contributed by atoms with Crippen LogP contribution in [0.4, 0.5) is 19.7 Å². The third kappa shape index (κ3) is 9.15. The second-order valence-corrected chi connectivity index (χ2v) is 19.8. The molecule has 2 aromatic heterocycles. The Morgan fingerprint density at radius 3 is 1.66 bits per heavy atom. The highest BCUT2D eigenvalue weighted by atomic mass is 19.1. The van der Waals surface area contributed by atoms with Crippen molar-refractivity contribution in [2.45, 2.75) is 127 Å². The van der Waals surface area contributed by atoms with Gasteiger partial charge in [-0.15, -0.1) is 0 Å². The molecule has 3 saturated heterocycles. The Morgan fingerprint density at radius 1 is 0.672 bits per heavy atom. The van der Waals surface area contributed by atoms with E-state index in [4.69, 9.17) is 14.7 Å². The molecule has 5 N–H and O–H groups in total. The van der Waals surface area contributed by atoms with E-state index in [1.54, 1.807) is 11.0 Å². The van der Waals surface area contributed by atoms with Crippen LogP contribution in [0, 0.1) is 17.7 Å². The predicted molar refractivity (Wildman–Crippen MR) is 253 cm³/mol. The molecule has 9 rings (SSSR count). The number of fused-ring (bicyclic) bond motifs is 2. The molecule has 3 unspecified atom stereocenters. The number of hydrogen-bond acceptors (Lipinski definition) is 8. The van der Waals surface area contributed by atoms with Crippen molar-refractivity contribution in [3.05, 3.63) is 88.8 Å². The maximum Gasteiger partial charge on any atom is 0.407 e. The quantitative estimate of drug-likeness (QED) is 0.0814. The smallest absolute Gasteiger partial charge is 0.407 e. The van der Waals surface area contributed by atoms with Crippen LogP contribution in [-0.4, -0.2) is 104 Å². The largest absolute Gasteiger partial charge is 0.465 e. The zero-order valence-electron chi connectivity index (χ0n) is 39.2. The summed E-state index contributed by atoms with van der Waals surface area (Å²) in [4.78, 5) is 74.3. The molecule has 4 aliphatic rings. The van der Waals surface area contributed by atoms with Gasteiger partial charge in [0.25, 0.3) is 0 Å². The average molecular weight is 918 g/mol. The molecule has 3 aliphatic heterocycles. The van der Waals surface area contributed by atoms with E-state index in [2.05, 4.69) is 55.8 Å². The Labute approximate surface area is 390 Å². The van der Waals surface area contributed by atoms with E-state index in [-0.39, 0.29) is 59.3 Å². The van der Waals surface area contributed by atoms with E-state index in [9.17, 15) is 24.3 Å². The molecule has 5 heterocycles. The average Bonchev–Trinajstić information content (AvgIpc) is 4.18. The molecule has 7 atom stereocenters. The lowest BCUT2D eigenvalue weighted by Crippen LogP contribution is -2.51. The Hall–Kier alpha value is -6.19. The topological polar surface area (TPSA) is 189 Å². The highest BCUT2D eigenvalue weighted by molar-refractivity contribution is 5.87. The summed E-state index contributed by atoms with van der Waals surface area (Å²) >= 11 is 0. The van der Waals surface area contributed by atoms with Gasteiger partial charge in [-0.2, -0.15) is 0 Å². The van der Waals surface area contributed by atoms with Gasteiger partial charge < -0.3 is 45.1 Å². The van der Waals surface area contributed by atoms with Gasteiger partial charge in [0.2, 0.25) is 11.8 Å². The van der Waals surface area contributed by atoms with Crippen LogP contribution in [0.1, 0.15) is 144 Å². The summed E-state index contributed by atoms with van der Waals surface area (Å²) in [6.07, 6.45) is 6.22. The standard InChI is InChI=1S/C51H64FN9O6/c1-28(2)44(57-50(64)65)48(62)60-23-9-11-41(60)46-53-36-18-13-30(26-38(36)55-46)33-16-17-34(43(33)32-15-20-40(35(52)25-32)59-21-7-6-8-22-59)31-14-19-37-39(27-31)56-47(54-37)42-12-10-24-61(42)49(63)45(29(3)4)58-51(66)67-5/h13-15,18-20,25-29,33-34,41-45,57H,6-12,16-17,21-24H2,1-5H3,(H,53,55)(H,54,56)(H,58,66)(H,64,65)/t33?,34?,41-,42-,43?,44-,45-/m0/s1. The van der Waals surface area contributed by atoms with E-state index < -0.39 is 24.3 Å². The first-order valence-electron chi connectivity index (χ1n) is 24.3. The number of ether oxygens (including phenoxy) is 1. The number of anilines is 1. The number of carbonyl (C=O) groups is 4. The summed E-state index contributed by atoms with van der Waals surface area (Å²) in [6, 6.07) is 16.4. The summed E-state index contributed by atoms with van der Waals surface area (Å²) < 4.78 is 21.2. The highest BCUT2D eigenvalue weighted by Crippen LogP contribution is 2.55. The molecule has 1 saturated carbocycles. The van der Waals surface area contributed by atoms with Gasteiger partial charge in [0, 0.05) is 26.2 Å². The van der Waals surface area contributed by atoms with Crippen LogP contribution in [0.3, 0.4) is 0 Å². The van der Waals surface area contributed by atoms with Crippen molar-refractivity contribution >= 4 is 51.8 Å². The number of halogens is 1. The molecule has 0 bridgehead atoms. The van der Waals surface area contributed by atoms with Crippen molar-refractivity contribution in [1.82, 2.24) is 40.4 Å². The fourth-order valence-corrected chi connectivity index (χ4v) is 11.5. The summed E-state index contributed by atoms with van der Waals surface area (Å²) in [5.41, 5.74) is 7.18. The minimum Gasteiger partial charge on any atom is -0.465 e. The van der Waals surface area contributed by atoms with Crippen LogP contribution in [0.25, 0.3) is 22.1 Å². The van der Waals surface area contributed by atoms with Crippen molar-refractivity contribution in [2.75, 3.05) is 38.2 Å². The van der Waals surface area contributed by atoms with Gasteiger partial charge >= 0.3 is 12.2 Å². The number of methoxy groups -OCH3 is 1. The molecule has 3 aromatic carbocycles. The molecular weight excluding hydrogens is 854 g/mol. The molecule has 1 aliphatic carbocycles. The fraction of sp³-hybridized carbons (Fsp3) is 0.529. The van der Waals surface area contributed by atoms with E-state index in [0.29, 0.717) is 36.8 Å². The van der Waals surface area contributed by atoms with Crippen molar-refractivity contribution in [3.63, 3.8) is 0 Å². The molecule has 15 nitrogen and oxygen atoms in total. The third-order valence-corrected chi connectivity index (χ3v) is 14.9. The van der Waals surface area contributed by atoms with E-state index in [0.717, 1.165) is 103 Å². The van der Waals surface area contributed by atoms with Crippen molar-refractivity contribution < 1.29 is 33.4 Å². The van der Waals surface area contributed by atoms with E-state index in [1.165, 1.54) is 7.11 Å². The maximum absolute atomic E-state index is 16.4. The first-order chi connectivity index (χ1) is 32.3. The summed E-state index contributed by atoms with van der Waals surface area (Å²) in [5.74, 6) is 0.485. The highest BCUT2D eigenvalue weighted by Gasteiger charge is 2.42. The second kappa shape index (κ2) is 19.2. The molecule has 5 aromatic rings. The van der Waals surface area contributed by atoms with Crippen LogP contribution in [0.15, 0.2) is 54.6 Å². The monoisotopic (exact) mass is 917 g/mol. The number of amides is 4. The zero-order valence-corrected chi connectivity index (χ0v) is 39.2. The molecule has 0 spiro atoms. The maximum atomic E-state index is 16.4. The predicted octanol–water partition coefficient (Wildman–Crippen LogP) is 9.01. The normalized spacial score (nSPS) is 23.1. The number of alkyl carbamates (subject to hydrolysis) is 1. The van der Waals surface area contributed by atoms with Gasteiger partial charge in [-0.3, -0.25) is 9.59 Å². The lowest BCUT2D eigenvalue weighted by atomic mass is 9.77. The van der Waals surface area contributed by atoms with Crippen LogP contribution >= 0.6 is 0 Å². The van der Waals surface area contributed by atoms with Crippen molar-refractivity contribution in [2.24, 2.45) is 11.8 Å². The number of benzene rings is 3. The number of aromatic amines is 2. The van der Waals surface area contributed by atoms with Crippen LogP contribution in [0.2, 0.25) is 0 Å². The fourth-order valence-electron chi connectivity index (χ4n) is 11.5.